The first-order valence-electron chi connectivity index (χ1n) is 4.92. The molecule has 0 radical (unpaired) electrons. The number of aromatic nitrogens is 2. The van der Waals surface area contributed by atoms with Crippen molar-refractivity contribution in [1.82, 2.24) is 9.97 Å². The van der Waals surface area contributed by atoms with Crippen molar-refractivity contribution in [3.8, 4) is 0 Å². The van der Waals surface area contributed by atoms with Crippen LogP contribution in [0.25, 0.3) is 11.0 Å². The number of hydrogen-bond donors (Lipinski definition) is 2. The molecule has 0 bridgehead atoms. The lowest BCUT2D eigenvalue weighted by Gasteiger charge is -2.02. The number of carbonyl (C=O) groups is 1. The van der Waals surface area contributed by atoms with Crippen molar-refractivity contribution in [3.05, 3.63) is 44.5 Å². The van der Waals surface area contributed by atoms with E-state index in [0.717, 1.165) is 0 Å². The Morgan fingerprint density at radius 2 is 1.82 bits per heavy atom. The molecule has 1 aromatic carbocycles. The third-order valence-electron chi connectivity index (χ3n) is 2.36. The molecular weight excluding hydrogens is 224 g/mol. The quantitative estimate of drug-likeness (QED) is 0.562. The topological polar surface area (TPSA) is 92.0 Å². The maximum Gasteiger partial charge on any atom is 0.314 e. The minimum atomic E-state index is -0.715. The van der Waals surface area contributed by atoms with Crippen LogP contribution in [0.1, 0.15) is 5.56 Å². The largest absolute Gasteiger partial charge is 0.469 e. The van der Waals surface area contributed by atoms with Gasteiger partial charge in [0.25, 0.3) is 0 Å². The molecule has 0 atom stereocenters. The Morgan fingerprint density at radius 1 is 1.18 bits per heavy atom. The van der Waals surface area contributed by atoms with Crippen LogP contribution in [0.15, 0.2) is 27.8 Å². The highest BCUT2D eigenvalue weighted by Crippen LogP contribution is 2.10. The highest BCUT2D eigenvalue weighted by molar-refractivity contribution is 5.78. The van der Waals surface area contributed by atoms with Gasteiger partial charge in [-0.05, 0) is 17.7 Å². The van der Waals surface area contributed by atoms with Gasteiger partial charge in [-0.3, -0.25) is 14.4 Å². The van der Waals surface area contributed by atoms with Gasteiger partial charge >= 0.3 is 17.1 Å². The van der Waals surface area contributed by atoms with E-state index in [0.29, 0.717) is 16.6 Å². The second-order valence-corrected chi connectivity index (χ2v) is 3.54. The summed E-state index contributed by atoms with van der Waals surface area (Å²) in [5.74, 6) is -0.365. The Labute approximate surface area is 95.2 Å². The number of esters is 1. The number of aromatic amines is 2. The third-order valence-corrected chi connectivity index (χ3v) is 2.36. The highest BCUT2D eigenvalue weighted by atomic mass is 16.5. The van der Waals surface area contributed by atoms with E-state index in [4.69, 9.17) is 0 Å². The predicted molar refractivity (Wildman–Crippen MR) is 60.9 cm³/mol. The van der Waals surface area contributed by atoms with Crippen LogP contribution in [0.3, 0.4) is 0 Å². The molecule has 2 aromatic rings. The number of ether oxygens (including phenoxy) is 1. The van der Waals surface area contributed by atoms with Crippen molar-refractivity contribution >= 4 is 17.0 Å². The fourth-order valence-electron chi connectivity index (χ4n) is 1.51. The minimum absolute atomic E-state index is 0.119. The first-order chi connectivity index (χ1) is 8.10. The lowest BCUT2D eigenvalue weighted by molar-refractivity contribution is -0.139. The normalized spacial score (nSPS) is 10.4. The molecular formula is C11H10N2O4. The molecule has 88 valence electrons. The summed E-state index contributed by atoms with van der Waals surface area (Å²) in [6, 6.07) is 4.95. The number of hydrogen-bond acceptors (Lipinski definition) is 4. The first kappa shape index (κ1) is 11.1. The van der Waals surface area contributed by atoms with E-state index in [1.54, 1.807) is 18.2 Å². The number of carbonyl (C=O) groups excluding carboxylic acids is 1. The van der Waals surface area contributed by atoms with Crippen molar-refractivity contribution in [2.24, 2.45) is 0 Å². The molecule has 6 nitrogen and oxygen atoms in total. The van der Waals surface area contributed by atoms with E-state index in [2.05, 4.69) is 14.7 Å². The molecule has 0 spiro atoms. The smallest absolute Gasteiger partial charge is 0.314 e. The Kier molecular flexibility index (Phi) is 2.78. The summed E-state index contributed by atoms with van der Waals surface area (Å²) in [6.45, 7) is 0. The molecule has 0 saturated carbocycles. The summed E-state index contributed by atoms with van der Waals surface area (Å²) in [5, 5.41) is 0. The van der Waals surface area contributed by atoms with Gasteiger partial charge in [0.05, 0.1) is 24.6 Å². The molecule has 0 aliphatic carbocycles. The van der Waals surface area contributed by atoms with Gasteiger partial charge in [-0.2, -0.15) is 0 Å². The van der Waals surface area contributed by atoms with Gasteiger partial charge in [0, 0.05) is 0 Å². The molecule has 17 heavy (non-hydrogen) atoms. The van der Waals surface area contributed by atoms with Crippen LogP contribution in [0.2, 0.25) is 0 Å². The van der Waals surface area contributed by atoms with E-state index < -0.39 is 11.1 Å². The van der Waals surface area contributed by atoms with E-state index in [9.17, 15) is 14.4 Å². The van der Waals surface area contributed by atoms with Crippen LogP contribution in [0.5, 0.6) is 0 Å². The van der Waals surface area contributed by atoms with Crippen LogP contribution in [-0.2, 0) is 16.0 Å². The molecule has 0 aliphatic rings. The molecule has 1 aromatic heterocycles. The third kappa shape index (κ3) is 2.25. The second kappa shape index (κ2) is 4.25. The zero-order valence-electron chi connectivity index (χ0n) is 9.07. The van der Waals surface area contributed by atoms with Crippen molar-refractivity contribution in [2.75, 3.05) is 7.11 Å². The average molecular weight is 234 g/mol. The maximum atomic E-state index is 11.1. The number of H-pyrrole nitrogens is 2. The lowest BCUT2D eigenvalue weighted by atomic mass is 10.1. The van der Waals surface area contributed by atoms with Gasteiger partial charge < -0.3 is 14.7 Å². The maximum absolute atomic E-state index is 11.1. The van der Waals surface area contributed by atoms with Crippen molar-refractivity contribution in [1.29, 1.82) is 0 Å². The molecule has 2 N–H and O–H groups in total. The van der Waals surface area contributed by atoms with Crippen LogP contribution in [0.4, 0.5) is 0 Å². The van der Waals surface area contributed by atoms with Gasteiger partial charge in [-0.1, -0.05) is 6.07 Å². The SMILES string of the molecule is COC(=O)Cc1ccc2[nH]c(=O)c(=O)[nH]c2c1. The van der Waals surface area contributed by atoms with Crippen molar-refractivity contribution < 1.29 is 9.53 Å². The standard InChI is InChI=1S/C11H10N2O4/c1-17-9(14)5-6-2-3-7-8(4-6)13-11(16)10(15)12-7/h2-4H,5H2,1H3,(H,12,15)(H,13,16). The lowest BCUT2D eigenvalue weighted by Crippen LogP contribution is -2.28. The number of rotatable bonds is 2. The fraction of sp³-hybridized carbons (Fsp3) is 0.182. The summed E-state index contributed by atoms with van der Waals surface area (Å²) in [4.78, 5) is 38.2. The molecule has 0 aliphatic heterocycles. The summed E-state index contributed by atoms with van der Waals surface area (Å²) in [6.07, 6.45) is 0.119. The van der Waals surface area contributed by atoms with E-state index in [1.165, 1.54) is 7.11 Å². The van der Waals surface area contributed by atoms with Gasteiger partial charge in [0.1, 0.15) is 0 Å². The number of methoxy groups -OCH3 is 1. The Bertz CT molecular complexity index is 684. The average Bonchev–Trinajstić information content (AvgIpc) is 2.31. The van der Waals surface area contributed by atoms with Crippen LogP contribution in [0, 0.1) is 0 Å². The van der Waals surface area contributed by atoms with Gasteiger partial charge in [-0.15, -0.1) is 0 Å². The van der Waals surface area contributed by atoms with E-state index >= 15 is 0 Å². The van der Waals surface area contributed by atoms with Gasteiger partial charge in [0.15, 0.2) is 0 Å². The zero-order valence-corrected chi connectivity index (χ0v) is 9.07. The summed E-state index contributed by atoms with van der Waals surface area (Å²) < 4.78 is 4.54. The molecule has 6 heteroatoms. The van der Waals surface area contributed by atoms with Gasteiger partial charge in [-0.25, -0.2) is 0 Å². The summed E-state index contributed by atoms with van der Waals surface area (Å²) >= 11 is 0. The number of nitrogens with one attached hydrogen (secondary N) is 2. The van der Waals surface area contributed by atoms with Crippen molar-refractivity contribution in [2.45, 2.75) is 6.42 Å². The fourth-order valence-corrected chi connectivity index (χ4v) is 1.51. The zero-order chi connectivity index (χ0) is 12.4. The molecule has 0 amide bonds. The van der Waals surface area contributed by atoms with Gasteiger partial charge in [0.2, 0.25) is 0 Å². The molecule has 1 heterocycles. The number of benzene rings is 1. The highest BCUT2D eigenvalue weighted by Gasteiger charge is 2.05. The molecule has 2 rings (SSSR count). The van der Waals surface area contributed by atoms with Crippen LogP contribution < -0.4 is 11.1 Å². The second-order valence-electron chi connectivity index (χ2n) is 3.54. The van der Waals surface area contributed by atoms with Crippen LogP contribution >= 0.6 is 0 Å². The van der Waals surface area contributed by atoms with E-state index in [-0.39, 0.29) is 12.4 Å². The predicted octanol–water partition coefficient (Wildman–Crippen LogP) is -0.0681. The molecule has 0 saturated heterocycles. The summed E-state index contributed by atoms with van der Waals surface area (Å²) in [5.41, 5.74) is 0.289. The Balaban J connectivity index is 2.50. The first-order valence-corrected chi connectivity index (χ1v) is 4.92. The van der Waals surface area contributed by atoms with E-state index in [1.807, 2.05) is 0 Å². The molecule has 0 fully saturated rings. The Hall–Kier alpha value is -2.37. The van der Waals surface area contributed by atoms with Crippen LogP contribution in [-0.4, -0.2) is 23.0 Å². The Morgan fingerprint density at radius 3 is 2.47 bits per heavy atom. The number of fused-ring (bicyclic) bond motifs is 1. The minimum Gasteiger partial charge on any atom is -0.469 e. The molecule has 0 unspecified atom stereocenters. The van der Waals surface area contributed by atoms with Crippen molar-refractivity contribution in [3.63, 3.8) is 0 Å². The summed E-state index contributed by atoms with van der Waals surface area (Å²) in [7, 11) is 1.31. The monoisotopic (exact) mass is 234 g/mol.